The molecular weight excluding hydrogens is 453 g/mol. The van der Waals surface area contributed by atoms with Gasteiger partial charge >= 0.3 is 7.82 Å². The largest absolute Gasteiger partial charge is 0.472 e. The van der Waals surface area contributed by atoms with Gasteiger partial charge < -0.3 is 19.7 Å². The van der Waals surface area contributed by atoms with Crippen LogP contribution in [-0.2, 0) is 23.1 Å². The molecule has 2 N–H and O–H groups in total. The number of phosphoric acid groups is 1. The number of nitrogens with one attached hydrogen (secondary N) is 1. The summed E-state index contributed by atoms with van der Waals surface area (Å²) in [6.07, 6.45) is 23.7. The first-order valence-corrected chi connectivity index (χ1v) is 15.1. The number of hydrogen-bond donors (Lipinski definition) is 2. The van der Waals surface area contributed by atoms with Gasteiger partial charge in [-0.25, -0.2) is 4.57 Å². The van der Waals surface area contributed by atoms with Crippen LogP contribution < -0.4 is 5.32 Å². The summed E-state index contributed by atoms with van der Waals surface area (Å²) in [5.41, 5.74) is 0. The molecule has 0 bridgehead atoms. The maximum atomic E-state index is 11.7. The molecule has 0 spiro atoms. The lowest BCUT2D eigenvalue weighted by Crippen LogP contribution is -2.24. The van der Waals surface area contributed by atoms with Gasteiger partial charge in [0.25, 0.3) is 0 Å². The van der Waals surface area contributed by atoms with Gasteiger partial charge in [-0.15, -0.1) is 0 Å². The van der Waals surface area contributed by atoms with Gasteiger partial charge in [-0.3, -0.25) is 9.05 Å². The van der Waals surface area contributed by atoms with Crippen molar-refractivity contribution in [2.75, 3.05) is 47.1 Å². The monoisotopic (exact) mass is 507 g/mol. The van der Waals surface area contributed by atoms with Crippen LogP contribution in [0.4, 0.5) is 0 Å². The Kier molecular flexibility index (Phi) is 25.6. The van der Waals surface area contributed by atoms with E-state index in [1.807, 2.05) is 0 Å². The molecule has 0 aromatic carbocycles. The molecular formula is C26H54NO6P. The van der Waals surface area contributed by atoms with Crippen molar-refractivity contribution in [1.29, 1.82) is 0 Å². The van der Waals surface area contributed by atoms with Crippen LogP contribution in [-0.4, -0.2) is 58.1 Å². The Labute approximate surface area is 210 Å². The predicted octanol–water partition coefficient (Wildman–Crippen LogP) is 6.80. The van der Waals surface area contributed by atoms with Gasteiger partial charge in [0, 0.05) is 20.3 Å². The van der Waals surface area contributed by atoms with Crippen molar-refractivity contribution in [1.82, 2.24) is 5.32 Å². The summed E-state index contributed by atoms with van der Waals surface area (Å²) in [6, 6.07) is 0. The SMILES string of the molecule is CCCCCCCCC/C=C/CCCCCCCCOCC(COP(=O)(O)OCCNC)OC. The smallest absolute Gasteiger partial charge is 0.379 e. The van der Waals surface area contributed by atoms with Gasteiger partial charge in [-0.1, -0.05) is 83.3 Å². The molecule has 0 amide bonds. The summed E-state index contributed by atoms with van der Waals surface area (Å²) in [4.78, 5) is 9.60. The van der Waals surface area contributed by atoms with Crippen LogP contribution in [0.1, 0.15) is 103 Å². The third-order valence-electron chi connectivity index (χ3n) is 5.72. The highest BCUT2D eigenvalue weighted by Gasteiger charge is 2.23. The number of methoxy groups -OCH3 is 1. The lowest BCUT2D eigenvalue weighted by Gasteiger charge is -2.18. The van der Waals surface area contributed by atoms with Crippen molar-refractivity contribution in [3.05, 3.63) is 12.2 Å². The fourth-order valence-corrected chi connectivity index (χ4v) is 4.26. The molecule has 0 aliphatic rings. The number of rotatable bonds is 27. The highest BCUT2D eigenvalue weighted by molar-refractivity contribution is 7.47. The summed E-state index contributed by atoms with van der Waals surface area (Å²) in [7, 11) is -0.776. The zero-order valence-electron chi connectivity index (χ0n) is 22.3. The third kappa shape index (κ3) is 24.8. The van der Waals surface area contributed by atoms with E-state index in [1.165, 1.54) is 90.6 Å². The predicted molar refractivity (Wildman–Crippen MR) is 141 cm³/mol. The molecule has 34 heavy (non-hydrogen) atoms. The molecule has 2 atom stereocenters. The molecule has 204 valence electrons. The van der Waals surface area contributed by atoms with Crippen molar-refractivity contribution in [2.24, 2.45) is 0 Å². The number of phosphoric ester groups is 1. The summed E-state index contributed by atoms with van der Waals surface area (Å²) in [6.45, 7) is 3.80. The lowest BCUT2D eigenvalue weighted by molar-refractivity contribution is -0.0220. The highest BCUT2D eigenvalue weighted by Crippen LogP contribution is 2.43. The van der Waals surface area contributed by atoms with E-state index in [-0.39, 0.29) is 13.2 Å². The van der Waals surface area contributed by atoms with Crippen molar-refractivity contribution in [2.45, 2.75) is 109 Å². The molecule has 0 heterocycles. The average molecular weight is 508 g/mol. The van der Waals surface area contributed by atoms with Gasteiger partial charge in [0.1, 0.15) is 6.10 Å². The van der Waals surface area contributed by atoms with Crippen molar-refractivity contribution >= 4 is 7.82 Å². The molecule has 7 nitrogen and oxygen atoms in total. The second-order valence-corrected chi connectivity index (χ2v) is 10.4. The minimum Gasteiger partial charge on any atom is -0.379 e. The van der Waals surface area contributed by atoms with E-state index in [0.29, 0.717) is 19.8 Å². The van der Waals surface area contributed by atoms with Gasteiger partial charge in [-0.05, 0) is 39.2 Å². The van der Waals surface area contributed by atoms with Crippen LogP contribution in [0.3, 0.4) is 0 Å². The minimum absolute atomic E-state index is 0.0443. The Hall–Kier alpha value is -0.270. The van der Waals surface area contributed by atoms with E-state index in [1.54, 1.807) is 7.05 Å². The number of unbranched alkanes of at least 4 members (excludes halogenated alkanes) is 13. The topological polar surface area (TPSA) is 86.3 Å². The standard InChI is InChI=1S/C26H54NO6P/c1-4-5-6-7-8-9-10-11-12-13-14-15-16-17-18-19-20-22-31-24-26(30-3)25-33-34(28,29)32-23-21-27-2/h12-13,26-27H,4-11,14-25H2,1-3H3,(H,28,29)/b13-12+. The molecule has 0 rings (SSSR count). The molecule has 0 aliphatic carbocycles. The van der Waals surface area contributed by atoms with Gasteiger partial charge in [0.2, 0.25) is 0 Å². The quantitative estimate of drug-likeness (QED) is 0.0718. The summed E-state index contributed by atoms with van der Waals surface area (Å²) in [5, 5.41) is 2.83. The van der Waals surface area contributed by atoms with Crippen LogP contribution in [0, 0.1) is 0 Å². The summed E-state index contributed by atoms with van der Waals surface area (Å²) in [5.74, 6) is 0. The Morgan fingerprint density at radius 3 is 1.91 bits per heavy atom. The minimum atomic E-state index is -4.05. The Morgan fingerprint density at radius 2 is 1.35 bits per heavy atom. The molecule has 0 aromatic heterocycles. The van der Waals surface area contributed by atoms with E-state index >= 15 is 0 Å². The number of ether oxygens (including phenoxy) is 2. The Balaban J connectivity index is 3.44. The lowest BCUT2D eigenvalue weighted by atomic mass is 10.1. The first-order valence-electron chi connectivity index (χ1n) is 13.6. The second-order valence-electron chi connectivity index (χ2n) is 8.93. The molecule has 0 aliphatic heterocycles. The summed E-state index contributed by atoms with van der Waals surface area (Å²) < 4.78 is 32.4. The maximum Gasteiger partial charge on any atom is 0.472 e. The second kappa shape index (κ2) is 25.8. The van der Waals surface area contributed by atoms with Crippen molar-refractivity contribution < 1.29 is 28.0 Å². The molecule has 2 unspecified atom stereocenters. The van der Waals surface area contributed by atoms with E-state index in [2.05, 4.69) is 24.4 Å². The molecule has 0 saturated heterocycles. The first-order chi connectivity index (χ1) is 16.6. The molecule has 8 heteroatoms. The maximum absolute atomic E-state index is 11.7. The summed E-state index contributed by atoms with van der Waals surface area (Å²) >= 11 is 0. The van der Waals surface area contributed by atoms with Crippen LogP contribution >= 0.6 is 7.82 Å². The number of allylic oxidation sites excluding steroid dienone is 2. The van der Waals surface area contributed by atoms with Gasteiger partial charge in [-0.2, -0.15) is 0 Å². The Bertz CT molecular complexity index is 492. The van der Waals surface area contributed by atoms with Crippen LogP contribution in [0.25, 0.3) is 0 Å². The normalized spacial score (nSPS) is 14.6. The Morgan fingerprint density at radius 1 is 0.794 bits per heavy atom. The van der Waals surface area contributed by atoms with Gasteiger partial charge in [0.15, 0.2) is 0 Å². The van der Waals surface area contributed by atoms with Crippen LogP contribution in [0.5, 0.6) is 0 Å². The number of likely N-dealkylation sites (N-methyl/N-ethyl adjacent to an activating group) is 1. The first kappa shape index (κ1) is 33.7. The number of hydrogen-bond acceptors (Lipinski definition) is 6. The van der Waals surface area contributed by atoms with Crippen molar-refractivity contribution in [3.63, 3.8) is 0 Å². The molecule has 0 aromatic rings. The third-order valence-corrected chi connectivity index (χ3v) is 6.70. The molecule has 0 radical (unpaired) electrons. The highest BCUT2D eigenvalue weighted by atomic mass is 31.2. The van der Waals surface area contributed by atoms with E-state index < -0.39 is 13.9 Å². The van der Waals surface area contributed by atoms with Crippen LogP contribution in [0.15, 0.2) is 12.2 Å². The van der Waals surface area contributed by atoms with Crippen LogP contribution in [0.2, 0.25) is 0 Å². The zero-order valence-corrected chi connectivity index (χ0v) is 23.2. The van der Waals surface area contributed by atoms with Gasteiger partial charge in [0.05, 0.1) is 19.8 Å². The molecule has 0 saturated carbocycles. The van der Waals surface area contributed by atoms with E-state index in [0.717, 1.165) is 12.8 Å². The van der Waals surface area contributed by atoms with E-state index in [4.69, 9.17) is 18.5 Å². The fraction of sp³-hybridized carbons (Fsp3) is 0.923. The average Bonchev–Trinajstić information content (AvgIpc) is 2.82. The van der Waals surface area contributed by atoms with E-state index in [9.17, 15) is 9.46 Å². The zero-order chi connectivity index (χ0) is 25.2. The molecule has 0 fully saturated rings. The fourth-order valence-electron chi connectivity index (χ4n) is 3.51. The van der Waals surface area contributed by atoms with Crippen molar-refractivity contribution in [3.8, 4) is 0 Å².